The van der Waals surface area contributed by atoms with Gasteiger partial charge in [-0.25, -0.2) is 0 Å². The summed E-state index contributed by atoms with van der Waals surface area (Å²) in [6.45, 7) is 0.690. The number of rotatable bonds is 5. The van der Waals surface area contributed by atoms with Gasteiger partial charge in [0.25, 0.3) is 0 Å². The average molecular weight is 310 g/mol. The van der Waals surface area contributed by atoms with Gasteiger partial charge in [-0.1, -0.05) is 13.8 Å². The first-order chi connectivity index (χ1) is 8.71. The lowest BCUT2D eigenvalue weighted by Crippen LogP contribution is -2.46. The van der Waals surface area contributed by atoms with Crippen LogP contribution in [0.3, 0.4) is 0 Å². The lowest BCUT2D eigenvalue weighted by atomic mass is 9.75. The van der Waals surface area contributed by atoms with Gasteiger partial charge in [-0.2, -0.15) is 26.3 Å². The van der Waals surface area contributed by atoms with Gasteiger partial charge in [-0.3, -0.25) is 9.59 Å². The Balaban J connectivity index is 5.73. The molecule has 0 fully saturated rings. The minimum absolute atomic E-state index is 0.345. The number of hydrogen-bond donors (Lipinski definition) is 2. The summed E-state index contributed by atoms with van der Waals surface area (Å²) in [5.41, 5.74) is 0. The highest BCUT2D eigenvalue weighted by molar-refractivity contribution is 5.80. The Kier molecular flexibility index (Phi) is 5.44. The van der Waals surface area contributed by atoms with Crippen molar-refractivity contribution < 1.29 is 46.1 Å². The van der Waals surface area contributed by atoms with Crippen molar-refractivity contribution in [3.05, 3.63) is 0 Å². The van der Waals surface area contributed by atoms with Gasteiger partial charge in [0.2, 0.25) is 0 Å². The third-order valence-corrected chi connectivity index (χ3v) is 3.07. The van der Waals surface area contributed by atoms with E-state index in [1.54, 1.807) is 0 Å². The molecule has 10 heteroatoms. The van der Waals surface area contributed by atoms with E-state index < -0.39 is 48.0 Å². The van der Waals surface area contributed by atoms with E-state index in [1.807, 2.05) is 0 Å². The molecule has 0 aliphatic carbocycles. The topological polar surface area (TPSA) is 74.6 Å². The molecule has 0 radical (unpaired) electrons. The summed E-state index contributed by atoms with van der Waals surface area (Å²) >= 11 is 0. The summed E-state index contributed by atoms with van der Waals surface area (Å²) < 4.78 is 75.0. The minimum atomic E-state index is -5.12. The van der Waals surface area contributed by atoms with Crippen molar-refractivity contribution in [1.29, 1.82) is 0 Å². The molecular weight excluding hydrogens is 298 g/mol. The number of hydrogen-bond acceptors (Lipinski definition) is 2. The highest BCUT2D eigenvalue weighted by atomic mass is 19.4. The zero-order valence-corrected chi connectivity index (χ0v) is 10.3. The Morgan fingerprint density at radius 3 is 1.05 bits per heavy atom. The molecular formula is C10H12F6O4. The van der Waals surface area contributed by atoms with Crippen molar-refractivity contribution in [2.24, 2.45) is 23.7 Å². The molecule has 0 saturated heterocycles. The maximum Gasteiger partial charge on any atom is 0.392 e. The second-order valence-electron chi connectivity index (χ2n) is 4.39. The van der Waals surface area contributed by atoms with Crippen molar-refractivity contribution in [3.63, 3.8) is 0 Å². The van der Waals surface area contributed by atoms with Gasteiger partial charge in [0.1, 0.15) is 0 Å². The van der Waals surface area contributed by atoms with E-state index in [0.717, 1.165) is 0 Å². The van der Waals surface area contributed by atoms with Gasteiger partial charge in [0.05, 0.1) is 23.7 Å². The van der Waals surface area contributed by atoms with Crippen LogP contribution in [0.5, 0.6) is 0 Å². The van der Waals surface area contributed by atoms with E-state index in [0.29, 0.717) is 13.8 Å². The molecule has 0 amide bonds. The molecule has 118 valence electrons. The van der Waals surface area contributed by atoms with Gasteiger partial charge in [0.15, 0.2) is 0 Å². The van der Waals surface area contributed by atoms with Gasteiger partial charge in [-0.05, 0) is 0 Å². The molecule has 0 aromatic carbocycles. The quantitative estimate of drug-likeness (QED) is 0.766. The SMILES string of the molecule is CC(C(C(=O)O)C(C(=O)O)C(C)C(F)(F)F)C(F)(F)F. The molecule has 0 saturated carbocycles. The molecule has 0 heterocycles. The molecule has 0 spiro atoms. The van der Waals surface area contributed by atoms with E-state index in [-0.39, 0.29) is 0 Å². The van der Waals surface area contributed by atoms with Gasteiger partial charge in [0, 0.05) is 0 Å². The lowest BCUT2D eigenvalue weighted by molar-refractivity contribution is -0.222. The maximum absolute atomic E-state index is 12.5. The van der Waals surface area contributed by atoms with Crippen LogP contribution in [0, 0.1) is 23.7 Å². The van der Waals surface area contributed by atoms with Crippen LogP contribution in [-0.4, -0.2) is 34.5 Å². The number of halogens is 6. The highest BCUT2D eigenvalue weighted by Gasteiger charge is 2.55. The smallest absolute Gasteiger partial charge is 0.392 e. The van der Waals surface area contributed by atoms with Gasteiger partial charge < -0.3 is 10.2 Å². The molecule has 0 bridgehead atoms. The molecule has 4 unspecified atom stereocenters. The summed E-state index contributed by atoms with van der Waals surface area (Å²) in [5, 5.41) is 17.4. The molecule has 0 aromatic rings. The van der Waals surface area contributed by atoms with Crippen LogP contribution in [0.4, 0.5) is 26.3 Å². The first kappa shape index (κ1) is 18.5. The average Bonchev–Trinajstić information content (AvgIpc) is 2.19. The predicted octanol–water partition coefficient (Wildman–Crippen LogP) is 2.78. The predicted molar refractivity (Wildman–Crippen MR) is 52.7 cm³/mol. The Labute approximate surface area is 109 Å². The number of carboxylic acids is 2. The third-order valence-electron chi connectivity index (χ3n) is 3.07. The number of carboxylic acid groups (broad SMARTS) is 2. The fourth-order valence-electron chi connectivity index (χ4n) is 1.76. The van der Waals surface area contributed by atoms with E-state index in [9.17, 15) is 35.9 Å². The number of carbonyl (C=O) groups is 2. The summed E-state index contributed by atoms with van der Waals surface area (Å²) in [6, 6.07) is 0. The third kappa shape index (κ3) is 4.27. The lowest BCUT2D eigenvalue weighted by Gasteiger charge is -2.31. The van der Waals surface area contributed by atoms with Crippen LogP contribution >= 0.6 is 0 Å². The van der Waals surface area contributed by atoms with Crippen molar-refractivity contribution in [2.75, 3.05) is 0 Å². The molecule has 0 aliphatic heterocycles. The minimum Gasteiger partial charge on any atom is -0.481 e. The monoisotopic (exact) mass is 310 g/mol. The van der Waals surface area contributed by atoms with E-state index in [2.05, 4.69) is 0 Å². The standard InChI is InChI=1S/C10H12F6O4/c1-3(9(11,12)13)5(7(17)18)6(8(19)20)4(2)10(14,15)16/h3-6H,1-2H3,(H,17,18)(H,19,20). The maximum atomic E-state index is 12.5. The van der Waals surface area contributed by atoms with Crippen molar-refractivity contribution in [3.8, 4) is 0 Å². The molecule has 0 aromatic heterocycles. The van der Waals surface area contributed by atoms with E-state index in [4.69, 9.17) is 10.2 Å². The largest absolute Gasteiger partial charge is 0.481 e. The molecule has 2 N–H and O–H groups in total. The summed E-state index contributed by atoms with van der Waals surface area (Å²) in [5.74, 6) is -15.4. The molecule has 0 rings (SSSR count). The van der Waals surface area contributed by atoms with Crippen LogP contribution in [-0.2, 0) is 9.59 Å². The van der Waals surface area contributed by atoms with Gasteiger partial charge >= 0.3 is 24.3 Å². The second-order valence-corrected chi connectivity index (χ2v) is 4.39. The Bertz CT molecular complexity index is 339. The van der Waals surface area contributed by atoms with Crippen LogP contribution in [0.25, 0.3) is 0 Å². The normalized spacial score (nSPS) is 19.0. The van der Waals surface area contributed by atoms with E-state index >= 15 is 0 Å². The zero-order valence-electron chi connectivity index (χ0n) is 10.3. The summed E-state index contributed by atoms with van der Waals surface area (Å²) in [6.07, 6.45) is -10.2. The molecule has 4 atom stereocenters. The van der Waals surface area contributed by atoms with Gasteiger partial charge in [-0.15, -0.1) is 0 Å². The fourth-order valence-corrected chi connectivity index (χ4v) is 1.76. The van der Waals surface area contributed by atoms with Crippen LogP contribution < -0.4 is 0 Å². The van der Waals surface area contributed by atoms with E-state index in [1.165, 1.54) is 0 Å². The highest BCUT2D eigenvalue weighted by Crippen LogP contribution is 2.42. The Morgan fingerprint density at radius 1 is 0.750 bits per heavy atom. The first-order valence-electron chi connectivity index (χ1n) is 5.30. The number of aliphatic carboxylic acids is 2. The number of alkyl halides is 6. The van der Waals surface area contributed by atoms with Crippen molar-refractivity contribution >= 4 is 11.9 Å². The first-order valence-corrected chi connectivity index (χ1v) is 5.30. The van der Waals surface area contributed by atoms with Crippen molar-refractivity contribution in [1.82, 2.24) is 0 Å². The van der Waals surface area contributed by atoms with Crippen LogP contribution in [0.15, 0.2) is 0 Å². The second kappa shape index (κ2) is 5.88. The van der Waals surface area contributed by atoms with Crippen LogP contribution in [0.2, 0.25) is 0 Å². The van der Waals surface area contributed by atoms with Crippen molar-refractivity contribution in [2.45, 2.75) is 26.2 Å². The fraction of sp³-hybridized carbons (Fsp3) is 0.800. The molecule has 4 nitrogen and oxygen atoms in total. The van der Waals surface area contributed by atoms with Crippen LogP contribution in [0.1, 0.15) is 13.8 Å². The molecule has 0 aliphatic rings. The zero-order chi connectivity index (χ0) is 16.5. The Hall–Kier alpha value is -1.48. The summed E-state index contributed by atoms with van der Waals surface area (Å²) in [7, 11) is 0. The molecule has 20 heavy (non-hydrogen) atoms. The summed E-state index contributed by atoms with van der Waals surface area (Å²) in [4.78, 5) is 21.7. The Morgan fingerprint density at radius 2 is 0.950 bits per heavy atom.